The van der Waals surface area contributed by atoms with Crippen LogP contribution in [0, 0.1) is 0 Å². The van der Waals surface area contributed by atoms with Gasteiger partial charge in [0, 0.05) is 32.3 Å². The smallest absolute Gasteiger partial charge is 0.297 e. The van der Waals surface area contributed by atoms with Crippen molar-refractivity contribution in [2.75, 3.05) is 5.32 Å². The minimum Gasteiger partial charge on any atom is -0.375 e. The highest BCUT2D eigenvalue weighted by Gasteiger charge is 2.28. The van der Waals surface area contributed by atoms with Crippen LogP contribution in [0.25, 0.3) is 0 Å². The van der Waals surface area contributed by atoms with Gasteiger partial charge in [0.05, 0.1) is 0 Å². The fourth-order valence-corrected chi connectivity index (χ4v) is 4.03. The van der Waals surface area contributed by atoms with Crippen LogP contribution in [-0.2, 0) is 26.1 Å². The van der Waals surface area contributed by atoms with Gasteiger partial charge in [0.1, 0.15) is 19.6 Å². The van der Waals surface area contributed by atoms with Crippen LogP contribution in [0.4, 0.5) is 5.69 Å². The maximum absolute atomic E-state index is 13.0. The Bertz CT molecular complexity index is 999. The summed E-state index contributed by atoms with van der Waals surface area (Å²) in [5.41, 5.74) is 1.69. The molecule has 0 saturated heterocycles. The molecule has 5 nitrogen and oxygen atoms in total. The first-order valence-electron chi connectivity index (χ1n) is 9.87. The minimum atomic E-state index is 0.0929. The van der Waals surface area contributed by atoms with Crippen LogP contribution in [0.5, 0.6) is 0 Å². The maximum Gasteiger partial charge on any atom is 0.297 e. The minimum absolute atomic E-state index is 0.0929. The number of nitrogens with zero attached hydrogens (tertiary/aromatic N) is 3. The predicted molar refractivity (Wildman–Crippen MR) is 117 cm³/mol. The third kappa shape index (κ3) is 4.87. The van der Waals surface area contributed by atoms with E-state index in [9.17, 15) is 4.79 Å². The number of nitrogens with one attached hydrogen (secondary N) is 1. The highest BCUT2D eigenvalue weighted by atomic mass is 79.9. The van der Waals surface area contributed by atoms with Gasteiger partial charge in [0.2, 0.25) is 5.82 Å². The van der Waals surface area contributed by atoms with Crippen molar-refractivity contribution in [1.82, 2.24) is 9.78 Å². The second kappa shape index (κ2) is 9.09. The summed E-state index contributed by atoms with van der Waals surface area (Å²) in [6.45, 7) is 1.76. The second-order valence-electron chi connectivity index (χ2n) is 7.24. The summed E-state index contributed by atoms with van der Waals surface area (Å²) < 4.78 is 5.15. The van der Waals surface area contributed by atoms with Gasteiger partial charge < -0.3 is 5.32 Å². The molecule has 0 bridgehead atoms. The van der Waals surface area contributed by atoms with Crippen LogP contribution in [-0.4, -0.2) is 15.6 Å². The molecule has 0 atom stereocenters. The van der Waals surface area contributed by atoms with Crippen molar-refractivity contribution in [2.24, 2.45) is 0 Å². The van der Waals surface area contributed by atoms with Gasteiger partial charge in [0.15, 0.2) is 5.78 Å². The number of aryl methyl sites for hydroxylation is 1. The first-order chi connectivity index (χ1) is 14.1. The largest absolute Gasteiger partial charge is 0.375 e. The lowest BCUT2D eigenvalue weighted by atomic mass is 10.1. The first kappa shape index (κ1) is 20.1. The summed E-state index contributed by atoms with van der Waals surface area (Å²) in [6, 6.07) is 15.1. The molecule has 2 aromatic carbocycles. The van der Waals surface area contributed by atoms with Gasteiger partial charge in [0.25, 0.3) is 5.82 Å². The zero-order chi connectivity index (χ0) is 20.2. The number of hydrogen-bond acceptors (Lipinski definition) is 3. The van der Waals surface area contributed by atoms with Gasteiger partial charge in [-0.15, -0.1) is 4.68 Å². The predicted octanol–water partition coefficient (Wildman–Crippen LogP) is 4.81. The third-order valence-corrected chi connectivity index (χ3v) is 5.97. The lowest BCUT2D eigenvalue weighted by Gasteiger charge is -2.07. The standard InChI is InChI=1S/C22H23BrClN4O/c23-17-7-5-16(6-8-17)20(29)15-27-21(14-25-19-11-9-18(24)10-12-19)26-28-13-3-1-2-4-22(27)28/h5-12,25H,1-4,13-15H2/q+1. The van der Waals surface area contributed by atoms with Crippen molar-refractivity contribution >= 4 is 39.0 Å². The van der Waals surface area contributed by atoms with Crippen LogP contribution >= 0.6 is 27.5 Å². The van der Waals surface area contributed by atoms with E-state index in [4.69, 9.17) is 16.7 Å². The zero-order valence-electron chi connectivity index (χ0n) is 16.1. The van der Waals surface area contributed by atoms with E-state index in [1.165, 1.54) is 6.42 Å². The summed E-state index contributed by atoms with van der Waals surface area (Å²) >= 11 is 9.40. The molecule has 0 unspecified atom stereocenters. The molecule has 0 fully saturated rings. The molecule has 3 aromatic rings. The Morgan fingerprint density at radius 1 is 1.10 bits per heavy atom. The number of benzene rings is 2. The Hall–Kier alpha value is -2.18. The molecule has 0 aliphatic carbocycles. The van der Waals surface area contributed by atoms with E-state index in [0.717, 1.165) is 47.6 Å². The quantitative estimate of drug-likeness (QED) is 0.412. The molecular formula is C22H23BrClN4O+. The van der Waals surface area contributed by atoms with Gasteiger partial charge >= 0.3 is 0 Å². The average Bonchev–Trinajstić information content (AvgIpc) is 2.88. The zero-order valence-corrected chi connectivity index (χ0v) is 18.4. The second-order valence-corrected chi connectivity index (χ2v) is 8.60. The molecule has 0 radical (unpaired) electrons. The van der Waals surface area contributed by atoms with Gasteiger partial charge in [-0.1, -0.05) is 39.7 Å². The molecular weight excluding hydrogens is 452 g/mol. The molecule has 0 amide bonds. The van der Waals surface area contributed by atoms with Crippen molar-refractivity contribution in [3.63, 3.8) is 0 Å². The summed E-state index contributed by atoms with van der Waals surface area (Å²) in [4.78, 5) is 13.0. The third-order valence-electron chi connectivity index (χ3n) is 5.19. The summed E-state index contributed by atoms with van der Waals surface area (Å²) in [5.74, 6) is 2.11. The van der Waals surface area contributed by atoms with E-state index >= 15 is 0 Å². The van der Waals surface area contributed by atoms with Crippen LogP contribution in [0.3, 0.4) is 0 Å². The van der Waals surface area contributed by atoms with Gasteiger partial charge in [-0.05, 0) is 55.7 Å². The van der Waals surface area contributed by atoms with E-state index in [2.05, 4.69) is 30.5 Å². The SMILES string of the molecule is O=C(C[n+]1c(CNc2ccc(Cl)cc2)nn2c1CCCCC2)c1ccc(Br)cc1. The number of fused-ring (bicyclic) bond motifs is 1. The Morgan fingerprint density at radius 3 is 2.62 bits per heavy atom. The lowest BCUT2D eigenvalue weighted by Crippen LogP contribution is -2.45. The van der Waals surface area contributed by atoms with E-state index in [1.54, 1.807) is 0 Å². The molecule has 1 aromatic heterocycles. The normalized spacial score (nSPS) is 13.6. The molecule has 150 valence electrons. The van der Waals surface area contributed by atoms with Crippen LogP contribution in [0.1, 0.15) is 41.3 Å². The number of halogens is 2. The van der Waals surface area contributed by atoms with E-state index in [1.807, 2.05) is 48.5 Å². The average molecular weight is 475 g/mol. The lowest BCUT2D eigenvalue weighted by molar-refractivity contribution is -0.698. The number of rotatable bonds is 6. The highest BCUT2D eigenvalue weighted by Crippen LogP contribution is 2.16. The summed E-state index contributed by atoms with van der Waals surface area (Å²) in [6.07, 6.45) is 4.39. The molecule has 29 heavy (non-hydrogen) atoms. The topological polar surface area (TPSA) is 50.8 Å². The summed E-state index contributed by atoms with van der Waals surface area (Å²) in [5, 5.41) is 8.94. The van der Waals surface area contributed by atoms with Crippen molar-refractivity contribution in [1.29, 1.82) is 0 Å². The highest BCUT2D eigenvalue weighted by molar-refractivity contribution is 9.10. The Balaban J connectivity index is 1.59. The number of carbonyl (C=O) groups is 1. The van der Waals surface area contributed by atoms with Gasteiger partial charge in [-0.25, -0.2) is 4.57 Å². The van der Waals surface area contributed by atoms with Crippen LogP contribution < -0.4 is 9.88 Å². The molecule has 4 rings (SSSR count). The number of carbonyl (C=O) groups excluding carboxylic acids is 1. The summed E-state index contributed by atoms with van der Waals surface area (Å²) in [7, 11) is 0. The van der Waals surface area contributed by atoms with Crippen molar-refractivity contribution in [3.05, 3.63) is 75.2 Å². The molecule has 1 aliphatic rings. The maximum atomic E-state index is 13.0. The molecule has 1 aliphatic heterocycles. The molecule has 7 heteroatoms. The Morgan fingerprint density at radius 2 is 1.86 bits per heavy atom. The fraction of sp³-hybridized carbons (Fsp3) is 0.318. The van der Waals surface area contributed by atoms with E-state index in [-0.39, 0.29) is 5.78 Å². The Kier molecular flexibility index (Phi) is 6.31. The molecule has 2 heterocycles. The molecule has 1 N–H and O–H groups in total. The van der Waals surface area contributed by atoms with E-state index < -0.39 is 0 Å². The number of anilines is 1. The van der Waals surface area contributed by atoms with Crippen molar-refractivity contribution < 1.29 is 9.36 Å². The van der Waals surface area contributed by atoms with Crippen molar-refractivity contribution in [3.8, 4) is 0 Å². The first-order valence-corrected chi connectivity index (χ1v) is 11.0. The van der Waals surface area contributed by atoms with Crippen molar-refractivity contribution in [2.45, 2.75) is 45.3 Å². The van der Waals surface area contributed by atoms with Crippen LogP contribution in [0.2, 0.25) is 5.02 Å². The van der Waals surface area contributed by atoms with Gasteiger partial charge in [-0.3, -0.25) is 4.79 Å². The van der Waals surface area contributed by atoms with Crippen LogP contribution in [0.15, 0.2) is 53.0 Å². The molecule has 0 spiro atoms. The fourth-order valence-electron chi connectivity index (χ4n) is 3.64. The number of ketones is 1. The molecule has 0 saturated carbocycles. The number of aromatic nitrogens is 3. The monoisotopic (exact) mass is 473 g/mol. The number of hydrogen-bond donors (Lipinski definition) is 1. The van der Waals surface area contributed by atoms with E-state index in [0.29, 0.717) is 23.7 Å². The number of Topliss-reactive ketones (excluding diaryl/α,β-unsaturated/α-hetero) is 1. The van der Waals surface area contributed by atoms with Gasteiger partial charge in [-0.2, -0.15) is 0 Å². The Labute approximate surface area is 183 Å².